The number of piperidine rings is 1. The molecule has 1 saturated heterocycles. The molecule has 1 aromatic heterocycles. The van der Waals surface area contributed by atoms with Crippen LogP contribution in [0.15, 0.2) is 11.4 Å². The van der Waals surface area contributed by atoms with E-state index in [1.54, 1.807) is 9.80 Å². The lowest BCUT2D eigenvalue weighted by Crippen LogP contribution is -2.45. The molecule has 0 saturated carbocycles. The fourth-order valence-corrected chi connectivity index (χ4v) is 3.86. The number of hydrogen-bond donors (Lipinski definition) is 0. The van der Waals surface area contributed by atoms with Crippen LogP contribution >= 0.6 is 11.3 Å². The highest BCUT2D eigenvalue weighted by Gasteiger charge is 2.29. The number of likely N-dealkylation sites (tertiary alicyclic amines) is 1. The Labute approximate surface area is 148 Å². The van der Waals surface area contributed by atoms with E-state index in [1.807, 2.05) is 46.2 Å². The smallest absolute Gasteiger partial charge is 0.410 e. The van der Waals surface area contributed by atoms with Gasteiger partial charge in [-0.2, -0.15) is 0 Å². The second-order valence-electron chi connectivity index (χ2n) is 7.55. The van der Waals surface area contributed by atoms with E-state index in [4.69, 9.17) is 4.74 Å². The summed E-state index contributed by atoms with van der Waals surface area (Å²) < 4.78 is 5.46. The molecule has 6 heteroatoms. The summed E-state index contributed by atoms with van der Waals surface area (Å²) in [5.74, 6) is 0.359. The fraction of sp³-hybridized carbons (Fsp3) is 0.667. The third kappa shape index (κ3) is 4.97. The zero-order valence-electron chi connectivity index (χ0n) is 15.3. The van der Waals surface area contributed by atoms with Gasteiger partial charge < -0.3 is 14.5 Å². The van der Waals surface area contributed by atoms with E-state index in [9.17, 15) is 9.59 Å². The lowest BCUT2D eigenvalue weighted by Gasteiger charge is -2.35. The lowest BCUT2D eigenvalue weighted by molar-refractivity contribution is 0.0151. The number of rotatable bonds is 3. The summed E-state index contributed by atoms with van der Waals surface area (Å²) in [7, 11) is 1.84. The fourth-order valence-electron chi connectivity index (χ4n) is 2.94. The lowest BCUT2D eigenvalue weighted by atomic mass is 9.97. The van der Waals surface area contributed by atoms with Gasteiger partial charge >= 0.3 is 6.09 Å². The molecule has 5 nitrogen and oxygen atoms in total. The Morgan fingerprint density at radius 3 is 2.71 bits per heavy atom. The zero-order valence-corrected chi connectivity index (χ0v) is 16.1. The highest BCUT2D eigenvalue weighted by Crippen LogP contribution is 2.22. The normalized spacial score (nSPS) is 18.4. The van der Waals surface area contributed by atoms with Crippen LogP contribution in [0.2, 0.25) is 0 Å². The van der Waals surface area contributed by atoms with Gasteiger partial charge in [-0.1, -0.05) is 0 Å². The number of aryl methyl sites for hydroxylation is 1. The van der Waals surface area contributed by atoms with Crippen LogP contribution in [0.25, 0.3) is 0 Å². The molecule has 134 valence electrons. The Bertz CT molecular complexity index is 591. The van der Waals surface area contributed by atoms with Crippen LogP contribution < -0.4 is 0 Å². The van der Waals surface area contributed by atoms with Crippen LogP contribution in [-0.2, 0) is 4.74 Å². The molecule has 0 aromatic carbocycles. The first-order chi connectivity index (χ1) is 11.2. The van der Waals surface area contributed by atoms with Gasteiger partial charge in [0.05, 0.1) is 4.88 Å². The van der Waals surface area contributed by atoms with Gasteiger partial charge in [-0.25, -0.2) is 4.79 Å². The summed E-state index contributed by atoms with van der Waals surface area (Å²) in [5, 5.41) is 1.95. The van der Waals surface area contributed by atoms with E-state index in [2.05, 4.69) is 0 Å². The summed E-state index contributed by atoms with van der Waals surface area (Å²) in [6.07, 6.45) is 1.72. The van der Waals surface area contributed by atoms with Gasteiger partial charge in [-0.15, -0.1) is 11.3 Å². The van der Waals surface area contributed by atoms with Crippen molar-refractivity contribution in [3.63, 3.8) is 0 Å². The van der Waals surface area contributed by atoms with E-state index in [1.165, 1.54) is 11.3 Å². The molecule has 0 radical (unpaired) electrons. The van der Waals surface area contributed by atoms with E-state index in [-0.39, 0.29) is 12.0 Å². The number of amides is 2. The average molecular weight is 353 g/mol. The summed E-state index contributed by atoms with van der Waals surface area (Å²) in [5.41, 5.74) is 0.545. The van der Waals surface area contributed by atoms with Gasteiger partial charge in [-0.05, 0) is 63.5 Å². The summed E-state index contributed by atoms with van der Waals surface area (Å²) >= 11 is 1.48. The van der Waals surface area contributed by atoms with Gasteiger partial charge in [0.2, 0.25) is 0 Å². The molecule has 1 atom stereocenters. The van der Waals surface area contributed by atoms with Crippen molar-refractivity contribution in [1.82, 2.24) is 9.80 Å². The monoisotopic (exact) mass is 352 g/mol. The molecule has 2 rings (SSSR count). The van der Waals surface area contributed by atoms with E-state index in [0.717, 1.165) is 29.8 Å². The molecular weight excluding hydrogens is 324 g/mol. The van der Waals surface area contributed by atoms with E-state index < -0.39 is 5.60 Å². The summed E-state index contributed by atoms with van der Waals surface area (Å²) in [4.78, 5) is 29.1. The van der Waals surface area contributed by atoms with Gasteiger partial charge in [0, 0.05) is 26.7 Å². The minimum atomic E-state index is -0.479. The molecule has 0 N–H and O–H groups in total. The second-order valence-corrected chi connectivity index (χ2v) is 8.47. The minimum Gasteiger partial charge on any atom is -0.444 e. The van der Waals surface area contributed by atoms with Gasteiger partial charge in [0.15, 0.2) is 0 Å². The SMILES string of the molecule is Cc1ccsc1C(=O)N(C)C[C@H]1CCCN(C(=O)OC(C)(C)C)C1. The van der Waals surface area contributed by atoms with Crippen molar-refractivity contribution >= 4 is 23.3 Å². The van der Waals surface area contributed by atoms with Gasteiger partial charge in [0.1, 0.15) is 5.60 Å². The Morgan fingerprint density at radius 1 is 1.42 bits per heavy atom. The molecule has 0 unspecified atom stereocenters. The maximum Gasteiger partial charge on any atom is 0.410 e. The van der Waals surface area contributed by atoms with Crippen LogP contribution in [0.1, 0.15) is 48.8 Å². The van der Waals surface area contributed by atoms with Crippen molar-refractivity contribution in [3.8, 4) is 0 Å². The Kier molecular flexibility index (Phi) is 5.91. The highest BCUT2D eigenvalue weighted by atomic mass is 32.1. The van der Waals surface area contributed by atoms with Crippen molar-refractivity contribution in [2.45, 2.75) is 46.1 Å². The molecule has 0 bridgehead atoms. The molecule has 1 aliphatic heterocycles. The average Bonchev–Trinajstić information content (AvgIpc) is 2.91. The van der Waals surface area contributed by atoms with Crippen LogP contribution in [0.3, 0.4) is 0 Å². The van der Waals surface area contributed by atoms with Gasteiger partial charge in [-0.3, -0.25) is 4.79 Å². The quantitative estimate of drug-likeness (QED) is 0.832. The third-order valence-corrected chi connectivity index (χ3v) is 5.11. The number of hydrogen-bond acceptors (Lipinski definition) is 4. The van der Waals surface area contributed by atoms with Crippen LogP contribution in [-0.4, -0.2) is 54.1 Å². The molecular formula is C18H28N2O3S. The highest BCUT2D eigenvalue weighted by molar-refractivity contribution is 7.12. The first kappa shape index (κ1) is 18.8. The molecule has 2 heterocycles. The number of nitrogens with zero attached hydrogens (tertiary/aromatic N) is 2. The second kappa shape index (κ2) is 7.55. The van der Waals surface area contributed by atoms with E-state index in [0.29, 0.717) is 19.0 Å². The van der Waals surface area contributed by atoms with Crippen molar-refractivity contribution < 1.29 is 14.3 Å². The molecule has 1 aromatic rings. The van der Waals surface area contributed by atoms with Crippen molar-refractivity contribution in [3.05, 3.63) is 21.9 Å². The minimum absolute atomic E-state index is 0.0666. The van der Waals surface area contributed by atoms with Gasteiger partial charge in [0.25, 0.3) is 5.91 Å². The number of carbonyl (C=O) groups is 2. The molecule has 2 amide bonds. The van der Waals surface area contributed by atoms with Crippen LogP contribution in [0, 0.1) is 12.8 Å². The van der Waals surface area contributed by atoms with Crippen LogP contribution in [0.4, 0.5) is 4.79 Å². The predicted molar refractivity (Wildman–Crippen MR) is 96.5 cm³/mol. The van der Waals surface area contributed by atoms with E-state index >= 15 is 0 Å². The topological polar surface area (TPSA) is 49.9 Å². The molecule has 0 spiro atoms. The molecule has 24 heavy (non-hydrogen) atoms. The van der Waals surface area contributed by atoms with Crippen molar-refractivity contribution in [2.75, 3.05) is 26.7 Å². The number of ether oxygens (including phenoxy) is 1. The largest absolute Gasteiger partial charge is 0.444 e. The van der Waals surface area contributed by atoms with Crippen LogP contribution in [0.5, 0.6) is 0 Å². The maximum absolute atomic E-state index is 12.5. The summed E-state index contributed by atoms with van der Waals surface area (Å²) in [6.45, 7) is 9.63. The molecule has 1 aliphatic rings. The van der Waals surface area contributed by atoms with Crippen molar-refractivity contribution in [1.29, 1.82) is 0 Å². The molecule has 0 aliphatic carbocycles. The Hall–Kier alpha value is -1.56. The maximum atomic E-state index is 12.5. The third-order valence-electron chi connectivity index (χ3n) is 4.11. The van der Waals surface area contributed by atoms with Crippen molar-refractivity contribution in [2.24, 2.45) is 5.92 Å². The predicted octanol–water partition coefficient (Wildman–Crippen LogP) is 3.78. The standard InChI is InChI=1S/C18H28N2O3S/c1-13-8-10-24-15(13)16(21)19(5)11-14-7-6-9-20(12-14)17(22)23-18(2,3)4/h8,10,14H,6-7,9,11-12H2,1-5H3/t14-/m1/s1. The molecule has 1 fully saturated rings. The first-order valence-corrected chi connectivity index (χ1v) is 9.33. The number of thiophene rings is 1. The summed E-state index contributed by atoms with van der Waals surface area (Å²) in [6, 6.07) is 1.97. The Morgan fingerprint density at radius 2 is 2.12 bits per heavy atom. The number of carbonyl (C=O) groups excluding carboxylic acids is 2. The Balaban J connectivity index is 1.92. The first-order valence-electron chi connectivity index (χ1n) is 8.45. The zero-order chi connectivity index (χ0) is 17.9.